The Bertz CT molecular complexity index is 665. The second kappa shape index (κ2) is 7.53. The molecule has 122 valence electrons. The highest BCUT2D eigenvalue weighted by Gasteiger charge is 2.17. The first-order valence-corrected chi connectivity index (χ1v) is 8.22. The summed E-state index contributed by atoms with van der Waals surface area (Å²) in [4.78, 5) is 0. The summed E-state index contributed by atoms with van der Waals surface area (Å²) in [7, 11) is -8.87. The van der Waals surface area contributed by atoms with Crippen molar-refractivity contribution in [3.8, 4) is 0 Å². The highest BCUT2D eigenvalue weighted by atomic mass is 32.3. The normalized spacial score (nSPS) is 13.0. The van der Waals surface area contributed by atoms with E-state index in [1.165, 1.54) is 0 Å². The van der Waals surface area contributed by atoms with Crippen LogP contribution in [0.2, 0.25) is 0 Å². The second-order valence-corrected chi connectivity index (χ2v) is 6.48. The van der Waals surface area contributed by atoms with E-state index >= 15 is 0 Å². The Hall–Kier alpha value is -1.44. The highest BCUT2D eigenvalue weighted by Crippen LogP contribution is 2.16. The van der Waals surface area contributed by atoms with Crippen LogP contribution in [0.15, 0.2) is 18.2 Å². The Labute approximate surface area is 122 Å². The van der Waals surface area contributed by atoms with Crippen molar-refractivity contribution < 1.29 is 30.5 Å². The van der Waals surface area contributed by atoms with Gasteiger partial charge in [-0.2, -0.15) is 16.8 Å². The maximum Gasteiger partial charge on any atom is 0.394 e. The van der Waals surface area contributed by atoms with Gasteiger partial charge in [-0.05, 0) is 30.7 Å². The standard InChI is InChI=1S/C9H15N3O3S.H2O4S/c1-6-4-7(2-3-8(6)10)12-5-9(11)16(13,14)15;1-5(2,3)4/h2-4,9,12H,5,10-11H2,1H3,(H,13,14,15);(H2,1,2,3,4). The van der Waals surface area contributed by atoms with Gasteiger partial charge in [-0.3, -0.25) is 13.7 Å². The summed E-state index contributed by atoms with van der Waals surface area (Å²) >= 11 is 0. The van der Waals surface area contributed by atoms with Crippen LogP contribution in [-0.2, 0) is 20.5 Å². The number of benzene rings is 1. The summed E-state index contributed by atoms with van der Waals surface area (Å²) in [6.45, 7) is 1.77. The van der Waals surface area contributed by atoms with Gasteiger partial charge in [0.15, 0.2) is 5.37 Å². The monoisotopic (exact) mass is 343 g/mol. The fraction of sp³-hybridized carbons (Fsp3) is 0.333. The molecule has 0 radical (unpaired) electrons. The predicted molar refractivity (Wildman–Crippen MR) is 77.8 cm³/mol. The minimum Gasteiger partial charge on any atom is -0.399 e. The van der Waals surface area contributed by atoms with Crippen molar-refractivity contribution in [1.82, 2.24) is 0 Å². The third-order valence-electron chi connectivity index (χ3n) is 2.16. The molecular weight excluding hydrogens is 326 g/mol. The van der Waals surface area contributed by atoms with Crippen molar-refractivity contribution in [3.63, 3.8) is 0 Å². The van der Waals surface area contributed by atoms with E-state index < -0.39 is 25.9 Å². The van der Waals surface area contributed by atoms with Crippen LogP contribution >= 0.6 is 0 Å². The average Bonchev–Trinajstić information content (AvgIpc) is 2.26. The molecule has 1 unspecified atom stereocenters. The van der Waals surface area contributed by atoms with Gasteiger partial charge in [-0.15, -0.1) is 0 Å². The minimum absolute atomic E-state index is 0.0673. The Balaban J connectivity index is 0.000000690. The SMILES string of the molecule is Cc1cc(NCC(N)S(=O)(=O)O)ccc1N.O=S(=O)(O)O. The summed E-state index contributed by atoms with van der Waals surface area (Å²) < 4.78 is 61.5. The summed E-state index contributed by atoms with van der Waals surface area (Å²) in [5.41, 5.74) is 13.1. The molecule has 1 aromatic carbocycles. The van der Waals surface area contributed by atoms with Crippen LogP contribution in [0.3, 0.4) is 0 Å². The number of nitrogens with one attached hydrogen (secondary N) is 1. The summed E-state index contributed by atoms with van der Waals surface area (Å²) in [6, 6.07) is 5.18. The van der Waals surface area contributed by atoms with Gasteiger partial charge in [-0.1, -0.05) is 0 Å². The average molecular weight is 343 g/mol. The lowest BCUT2D eigenvalue weighted by Gasteiger charge is -2.11. The maximum absolute atomic E-state index is 10.6. The van der Waals surface area contributed by atoms with Crippen LogP contribution in [-0.4, -0.2) is 42.4 Å². The molecular formula is C9H17N3O7S2. The minimum atomic E-state index is -4.67. The Morgan fingerprint density at radius 3 is 2.05 bits per heavy atom. The lowest BCUT2D eigenvalue weighted by atomic mass is 10.2. The molecule has 0 heterocycles. The van der Waals surface area contributed by atoms with Gasteiger partial charge in [0.1, 0.15) is 0 Å². The number of hydrogen-bond acceptors (Lipinski definition) is 7. The molecule has 0 aliphatic carbocycles. The van der Waals surface area contributed by atoms with E-state index in [0.717, 1.165) is 5.56 Å². The summed E-state index contributed by atoms with van der Waals surface area (Å²) in [5.74, 6) is 0. The molecule has 0 aliphatic rings. The lowest BCUT2D eigenvalue weighted by Crippen LogP contribution is -2.36. The van der Waals surface area contributed by atoms with Gasteiger partial charge in [0, 0.05) is 17.9 Å². The molecule has 0 saturated heterocycles. The number of anilines is 2. The van der Waals surface area contributed by atoms with Gasteiger partial charge in [0.25, 0.3) is 10.1 Å². The van der Waals surface area contributed by atoms with E-state index in [-0.39, 0.29) is 6.54 Å². The molecule has 8 N–H and O–H groups in total. The van der Waals surface area contributed by atoms with E-state index in [0.29, 0.717) is 11.4 Å². The van der Waals surface area contributed by atoms with Gasteiger partial charge >= 0.3 is 10.4 Å². The van der Waals surface area contributed by atoms with E-state index in [4.69, 9.17) is 33.5 Å². The van der Waals surface area contributed by atoms with E-state index in [9.17, 15) is 8.42 Å². The van der Waals surface area contributed by atoms with Crippen molar-refractivity contribution in [2.24, 2.45) is 5.73 Å². The first kappa shape index (κ1) is 19.6. The maximum atomic E-state index is 10.6. The van der Waals surface area contributed by atoms with Crippen LogP contribution in [0.5, 0.6) is 0 Å². The predicted octanol–water partition coefficient (Wildman–Crippen LogP) is -0.491. The number of aryl methyl sites for hydroxylation is 1. The number of rotatable bonds is 4. The van der Waals surface area contributed by atoms with Crippen molar-refractivity contribution in [2.45, 2.75) is 12.3 Å². The van der Waals surface area contributed by atoms with E-state index in [2.05, 4.69) is 5.32 Å². The molecule has 0 amide bonds. The topological polar surface area (TPSA) is 193 Å². The lowest BCUT2D eigenvalue weighted by molar-refractivity contribution is 0.381. The van der Waals surface area contributed by atoms with Crippen molar-refractivity contribution in [3.05, 3.63) is 23.8 Å². The number of hydrogen-bond donors (Lipinski definition) is 6. The third-order valence-corrected chi connectivity index (χ3v) is 3.09. The number of nitrogen functional groups attached to an aromatic ring is 1. The van der Waals surface area contributed by atoms with Crippen LogP contribution in [0, 0.1) is 6.92 Å². The van der Waals surface area contributed by atoms with Gasteiger partial charge < -0.3 is 16.8 Å². The fourth-order valence-electron chi connectivity index (χ4n) is 1.11. The highest BCUT2D eigenvalue weighted by molar-refractivity contribution is 7.86. The first-order valence-electron chi connectivity index (χ1n) is 5.32. The fourth-order valence-corrected chi connectivity index (χ4v) is 1.40. The van der Waals surface area contributed by atoms with E-state index in [1.807, 2.05) is 6.92 Å². The van der Waals surface area contributed by atoms with E-state index in [1.54, 1.807) is 18.2 Å². The molecule has 21 heavy (non-hydrogen) atoms. The molecule has 0 aliphatic heterocycles. The molecule has 1 aromatic rings. The van der Waals surface area contributed by atoms with Crippen LogP contribution in [0.4, 0.5) is 11.4 Å². The molecule has 0 bridgehead atoms. The molecule has 10 nitrogen and oxygen atoms in total. The zero-order valence-corrected chi connectivity index (χ0v) is 12.6. The summed E-state index contributed by atoms with van der Waals surface area (Å²) in [5, 5.41) is 1.46. The molecule has 1 atom stereocenters. The molecule has 0 spiro atoms. The van der Waals surface area contributed by atoms with Crippen molar-refractivity contribution in [2.75, 3.05) is 17.6 Å². The van der Waals surface area contributed by atoms with Crippen molar-refractivity contribution >= 4 is 31.9 Å². The molecule has 0 fully saturated rings. The Kier molecular flexibility index (Phi) is 7.02. The zero-order chi connectivity index (χ0) is 16.8. The van der Waals surface area contributed by atoms with Gasteiger partial charge in [0.2, 0.25) is 0 Å². The quantitative estimate of drug-likeness (QED) is 0.307. The van der Waals surface area contributed by atoms with Crippen LogP contribution in [0.1, 0.15) is 5.56 Å². The molecule has 0 aromatic heterocycles. The Morgan fingerprint density at radius 1 is 1.19 bits per heavy atom. The molecule has 12 heteroatoms. The second-order valence-electron chi connectivity index (χ2n) is 3.95. The number of nitrogens with two attached hydrogens (primary N) is 2. The first-order chi connectivity index (χ1) is 9.30. The smallest absolute Gasteiger partial charge is 0.394 e. The third kappa shape index (κ3) is 10.0. The Morgan fingerprint density at radius 2 is 1.67 bits per heavy atom. The van der Waals surface area contributed by atoms with Crippen molar-refractivity contribution in [1.29, 1.82) is 0 Å². The largest absolute Gasteiger partial charge is 0.399 e. The zero-order valence-electron chi connectivity index (χ0n) is 11.0. The van der Waals surface area contributed by atoms with Gasteiger partial charge in [-0.25, -0.2) is 0 Å². The summed E-state index contributed by atoms with van der Waals surface area (Å²) in [6.07, 6.45) is 0. The molecule has 0 saturated carbocycles. The van der Waals surface area contributed by atoms with Crippen LogP contribution < -0.4 is 16.8 Å². The van der Waals surface area contributed by atoms with Crippen LogP contribution in [0.25, 0.3) is 0 Å². The van der Waals surface area contributed by atoms with Gasteiger partial charge in [0.05, 0.1) is 0 Å². The molecule has 1 rings (SSSR count).